The van der Waals surface area contributed by atoms with Crippen molar-refractivity contribution >= 4 is 23.3 Å². The second kappa shape index (κ2) is 6.81. The Hall–Kier alpha value is -1.47. The van der Waals surface area contributed by atoms with E-state index in [0.29, 0.717) is 6.54 Å². The van der Waals surface area contributed by atoms with Gasteiger partial charge < -0.3 is 5.32 Å². The van der Waals surface area contributed by atoms with Crippen LogP contribution in [0.5, 0.6) is 0 Å². The highest BCUT2D eigenvalue weighted by atomic mass is 32.1. The monoisotopic (exact) mass is 298 g/mol. The highest BCUT2D eigenvalue weighted by Gasteiger charge is 2.25. The number of hydrogen-bond donors (Lipinski definition) is 3. The number of nitrogens with one attached hydrogen (secondary N) is 3. The Morgan fingerprint density at radius 2 is 1.95 bits per heavy atom. The summed E-state index contributed by atoms with van der Waals surface area (Å²) in [6, 6.07) is -0.474. The van der Waals surface area contributed by atoms with E-state index in [4.69, 9.17) is 0 Å². The number of imide groups is 1. The summed E-state index contributed by atoms with van der Waals surface area (Å²) in [5.41, 5.74) is 0.592. The largest absolute Gasteiger partial charge is 0.338 e. The summed E-state index contributed by atoms with van der Waals surface area (Å²) in [5.74, 6) is -0.367. The third kappa shape index (κ3) is 4.57. The van der Waals surface area contributed by atoms with Crippen molar-refractivity contribution in [3.8, 4) is 0 Å². The highest BCUT2D eigenvalue weighted by molar-refractivity contribution is 7.11. The number of rotatable bonds is 5. The lowest BCUT2D eigenvalue weighted by molar-refractivity contribution is -0.119. The molecular weight excluding hydrogens is 276 g/mol. The molecular formula is C13H22N4O2S. The second-order valence-corrected chi connectivity index (χ2v) is 6.25. The molecule has 1 rings (SSSR count). The maximum atomic E-state index is 11.6. The van der Waals surface area contributed by atoms with Gasteiger partial charge in [0.25, 0.3) is 0 Å². The van der Waals surface area contributed by atoms with Crippen LogP contribution in [0.4, 0.5) is 4.79 Å². The van der Waals surface area contributed by atoms with E-state index in [0.717, 1.165) is 10.7 Å². The molecule has 0 saturated heterocycles. The number of carbonyl (C=O) groups is 2. The molecule has 0 saturated carbocycles. The number of amides is 3. The lowest BCUT2D eigenvalue weighted by Crippen LogP contribution is -2.47. The number of urea groups is 1. The highest BCUT2D eigenvalue weighted by Crippen LogP contribution is 2.26. The van der Waals surface area contributed by atoms with E-state index in [2.05, 4.69) is 20.9 Å². The molecule has 0 aliphatic carbocycles. The van der Waals surface area contributed by atoms with Crippen molar-refractivity contribution in [3.63, 3.8) is 0 Å². The summed E-state index contributed by atoms with van der Waals surface area (Å²) in [6.07, 6.45) is 0. The maximum Gasteiger partial charge on any atom is 0.321 e. The number of aromatic nitrogens is 1. The fourth-order valence-electron chi connectivity index (χ4n) is 1.49. The van der Waals surface area contributed by atoms with E-state index in [1.54, 1.807) is 18.3 Å². The van der Waals surface area contributed by atoms with Crippen LogP contribution in [0.1, 0.15) is 36.3 Å². The van der Waals surface area contributed by atoms with Gasteiger partial charge in [0.05, 0.1) is 17.8 Å². The first-order chi connectivity index (χ1) is 9.26. The molecule has 20 heavy (non-hydrogen) atoms. The topological polar surface area (TPSA) is 83.1 Å². The molecule has 3 N–H and O–H groups in total. The normalized spacial score (nSPS) is 11.2. The molecule has 0 fully saturated rings. The van der Waals surface area contributed by atoms with Crippen LogP contribution in [0.3, 0.4) is 0 Å². The van der Waals surface area contributed by atoms with Gasteiger partial charge in [-0.05, 0) is 34.6 Å². The standard InChI is InChI=1S/C13H22N4O2S/c1-6-14-12(19)17-10(18)7-15-13(4,5)11-16-8(2)9(3)20-11/h15H,6-7H2,1-5H3,(H2,14,17,18,19). The minimum Gasteiger partial charge on any atom is -0.338 e. The van der Waals surface area contributed by atoms with Gasteiger partial charge in [0.2, 0.25) is 5.91 Å². The molecule has 0 atom stereocenters. The Morgan fingerprint density at radius 1 is 1.30 bits per heavy atom. The van der Waals surface area contributed by atoms with Crippen molar-refractivity contribution in [3.05, 3.63) is 15.6 Å². The molecule has 1 aromatic rings. The van der Waals surface area contributed by atoms with E-state index in [1.807, 2.05) is 27.7 Å². The first-order valence-electron chi connectivity index (χ1n) is 6.53. The van der Waals surface area contributed by atoms with Crippen LogP contribution in [0.25, 0.3) is 0 Å². The van der Waals surface area contributed by atoms with Crippen LogP contribution in [-0.4, -0.2) is 30.0 Å². The molecule has 0 bridgehead atoms. The van der Waals surface area contributed by atoms with Crippen LogP contribution in [0.15, 0.2) is 0 Å². The number of aryl methyl sites for hydroxylation is 2. The third-order valence-corrected chi connectivity index (χ3v) is 4.24. The minimum absolute atomic E-state index is 0.0574. The summed E-state index contributed by atoms with van der Waals surface area (Å²) in [5, 5.41) is 8.81. The Balaban J connectivity index is 2.55. The Morgan fingerprint density at radius 3 is 2.45 bits per heavy atom. The van der Waals surface area contributed by atoms with E-state index >= 15 is 0 Å². The molecule has 0 radical (unpaired) electrons. The second-order valence-electron chi connectivity index (χ2n) is 5.05. The van der Waals surface area contributed by atoms with E-state index in [9.17, 15) is 9.59 Å². The lowest BCUT2D eigenvalue weighted by atomic mass is 10.1. The molecule has 6 nitrogen and oxygen atoms in total. The van der Waals surface area contributed by atoms with Gasteiger partial charge in [0.15, 0.2) is 0 Å². The molecule has 112 valence electrons. The van der Waals surface area contributed by atoms with Crippen LogP contribution in [-0.2, 0) is 10.3 Å². The first kappa shape index (κ1) is 16.6. The van der Waals surface area contributed by atoms with Crippen molar-refractivity contribution in [2.45, 2.75) is 40.2 Å². The summed E-state index contributed by atoms with van der Waals surface area (Å²) in [7, 11) is 0. The predicted octanol–water partition coefficient (Wildman–Crippen LogP) is 1.43. The van der Waals surface area contributed by atoms with Gasteiger partial charge >= 0.3 is 6.03 Å². The molecule has 3 amide bonds. The number of hydrogen-bond acceptors (Lipinski definition) is 5. The zero-order valence-corrected chi connectivity index (χ0v) is 13.4. The smallest absolute Gasteiger partial charge is 0.321 e. The number of thiazole rings is 1. The van der Waals surface area contributed by atoms with Crippen molar-refractivity contribution in [1.29, 1.82) is 0 Å². The van der Waals surface area contributed by atoms with Crippen LogP contribution in [0, 0.1) is 13.8 Å². The van der Waals surface area contributed by atoms with Crippen molar-refractivity contribution in [1.82, 2.24) is 20.9 Å². The van der Waals surface area contributed by atoms with Crippen molar-refractivity contribution in [2.24, 2.45) is 0 Å². The average Bonchev–Trinajstić information content (AvgIpc) is 2.68. The van der Waals surface area contributed by atoms with Crippen molar-refractivity contribution < 1.29 is 9.59 Å². The first-order valence-corrected chi connectivity index (χ1v) is 7.35. The van der Waals surface area contributed by atoms with Gasteiger partial charge in [0, 0.05) is 11.4 Å². The molecule has 0 aliphatic rings. The summed E-state index contributed by atoms with van der Waals surface area (Å²) in [6.45, 7) is 10.2. The van der Waals surface area contributed by atoms with Crippen molar-refractivity contribution in [2.75, 3.05) is 13.1 Å². The molecule has 7 heteroatoms. The third-order valence-electron chi connectivity index (χ3n) is 2.84. The lowest BCUT2D eigenvalue weighted by Gasteiger charge is -2.23. The number of nitrogens with zero attached hydrogens (tertiary/aromatic N) is 1. The maximum absolute atomic E-state index is 11.6. The minimum atomic E-state index is -0.474. The average molecular weight is 298 g/mol. The Bertz CT molecular complexity index is 477. The van der Waals surface area contributed by atoms with Gasteiger partial charge in [-0.2, -0.15) is 0 Å². The van der Waals surface area contributed by atoms with Gasteiger partial charge in [0.1, 0.15) is 5.01 Å². The van der Waals surface area contributed by atoms with E-state index in [-0.39, 0.29) is 12.5 Å². The molecule has 1 heterocycles. The fourth-order valence-corrected chi connectivity index (χ4v) is 2.49. The Kier molecular flexibility index (Phi) is 5.64. The van der Waals surface area contributed by atoms with Gasteiger partial charge in [-0.3, -0.25) is 15.4 Å². The van der Waals surface area contributed by atoms with Gasteiger partial charge in [-0.25, -0.2) is 9.78 Å². The van der Waals surface area contributed by atoms with Crippen LogP contribution in [0.2, 0.25) is 0 Å². The number of carbonyl (C=O) groups excluding carboxylic acids is 2. The molecule has 0 aromatic carbocycles. The van der Waals surface area contributed by atoms with E-state index in [1.165, 1.54) is 4.88 Å². The quantitative estimate of drug-likeness (QED) is 0.768. The molecule has 0 spiro atoms. The zero-order valence-electron chi connectivity index (χ0n) is 12.6. The van der Waals surface area contributed by atoms with Gasteiger partial charge in [-0.1, -0.05) is 0 Å². The van der Waals surface area contributed by atoms with Crippen LogP contribution < -0.4 is 16.0 Å². The van der Waals surface area contributed by atoms with Gasteiger partial charge in [-0.15, -0.1) is 11.3 Å². The fraction of sp³-hybridized carbons (Fsp3) is 0.615. The molecule has 0 unspecified atom stereocenters. The Labute approximate surface area is 123 Å². The predicted molar refractivity (Wildman–Crippen MR) is 79.8 cm³/mol. The van der Waals surface area contributed by atoms with Crippen LogP contribution >= 0.6 is 11.3 Å². The summed E-state index contributed by atoms with van der Waals surface area (Å²) in [4.78, 5) is 28.5. The van der Waals surface area contributed by atoms with E-state index < -0.39 is 11.6 Å². The summed E-state index contributed by atoms with van der Waals surface area (Å²) >= 11 is 1.61. The summed E-state index contributed by atoms with van der Waals surface area (Å²) < 4.78 is 0. The zero-order chi connectivity index (χ0) is 15.3. The SMILES string of the molecule is CCNC(=O)NC(=O)CNC(C)(C)c1nc(C)c(C)s1. The molecule has 0 aliphatic heterocycles. The molecule has 1 aromatic heterocycles.